The minimum absolute atomic E-state index is 0.284. The molecule has 2 aromatic carbocycles. The van der Waals surface area contributed by atoms with E-state index in [1.54, 1.807) is 50.2 Å². The molecule has 1 N–H and O–H groups in total. The molecule has 0 spiro atoms. The number of anilines is 1. The maximum absolute atomic E-state index is 13.3. The summed E-state index contributed by atoms with van der Waals surface area (Å²) < 4.78 is 6.27. The van der Waals surface area contributed by atoms with Crippen molar-refractivity contribution >= 4 is 50.7 Å². The molecule has 4 aromatic rings. The fourth-order valence-electron chi connectivity index (χ4n) is 3.34. The number of carbonyl (C=O) groups excluding carboxylic acids is 2. The standard InChI is InChI=1S/C24H20ClN3O4S/c1-3-32-24(31)16-6-10-18(11-7-16)27-21(29)14(2)28-13-26-22-20(23(28)30)19(12-33-22)15-4-8-17(25)9-5-15/h4-14H,3H2,1-2H3,(H,27,29)/t14-/m1/s1. The third-order valence-electron chi connectivity index (χ3n) is 5.13. The summed E-state index contributed by atoms with van der Waals surface area (Å²) >= 11 is 7.36. The molecular weight excluding hydrogens is 462 g/mol. The third-order valence-corrected chi connectivity index (χ3v) is 6.27. The molecule has 0 bridgehead atoms. The smallest absolute Gasteiger partial charge is 0.338 e. The SMILES string of the molecule is CCOC(=O)c1ccc(NC(=O)[C@@H](C)n2cnc3scc(-c4ccc(Cl)cc4)c3c2=O)cc1. The molecule has 2 aromatic heterocycles. The van der Waals surface area contributed by atoms with E-state index in [0.29, 0.717) is 26.5 Å². The van der Waals surface area contributed by atoms with Crippen molar-refractivity contribution in [3.63, 3.8) is 0 Å². The van der Waals surface area contributed by atoms with Crippen LogP contribution in [-0.4, -0.2) is 28.0 Å². The highest BCUT2D eigenvalue weighted by Gasteiger charge is 2.20. The van der Waals surface area contributed by atoms with Crippen LogP contribution in [-0.2, 0) is 9.53 Å². The van der Waals surface area contributed by atoms with E-state index in [1.807, 2.05) is 17.5 Å². The van der Waals surface area contributed by atoms with Gasteiger partial charge in [-0.1, -0.05) is 23.7 Å². The van der Waals surface area contributed by atoms with E-state index < -0.39 is 12.0 Å². The third kappa shape index (κ3) is 4.67. The van der Waals surface area contributed by atoms with E-state index in [1.165, 1.54) is 22.2 Å². The molecule has 0 saturated heterocycles. The van der Waals surface area contributed by atoms with Gasteiger partial charge in [0.2, 0.25) is 5.91 Å². The van der Waals surface area contributed by atoms with Gasteiger partial charge in [-0.25, -0.2) is 9.78 Å². The number of esters is 1. The molecule has 1 amide bonds. The van der Waals surface area contributed by atoms with E-state index in [4.69, 9.17) is 16.3 Å². The van der Waals surface area contributed by atoms with Crippen LogP contribution >= 0.6 is 22.9 Å². The molecule has 0 saturated carbocycles. The van der Waals surface area contributed by atoms with Crippen molar-refractivity contribution < 1.29 is 14.3 Å². The Morgan fingerprint density at radius 2 is 1.85 bits per heavy atom. The summed E-state index contributed by atoms with van der Waals surface area (Å²) in [5.41, 5.74) is 2.19. The maximum Gasteiger partial charge on any atom is 0.338 e. The fourth-order valence-corrected chi connectivity index (χ4v) is 4.37. The number of halogens is 1. The van der Waals surface area contributed by atoms with Gasteiger partial charge >= 0.3 is 5.97 Å². The molecule has 168 valence electrons. The summed E-state index contributed by atoms with van der Waals surface area (Å²) in [7, 11) is 0. The van der Waals surface area contributed by atoms with Gasteiger partial charge < -0.3 is 10.1 Å². The second-order valence-electron chi connectivity index (χ2n) is 7.26. The lowest BCUT2D eigenvalue weighted by Crippen LogP contribution is -2.31. The number of benzene rings is 2. The quantitative estimate of drug-likeness (QED) is 0.384. The van der Waals surface area contributed by atoms with Crippen molar-refractivity contribution in [2.45, 2.75) is 19.9 Å². The van der Waals surface area contributed by atoms with Gasteiger partial charge in [0.25, 0.3) is 5.56 Å². The highest BCUT2D eigenvalue weighted by molar-refractivity contribution is 7.17. The van der Waals surface area contributed by atoms with Crippen LogP contribution in [0.2, 0.25) is 5.02 Å². The molecule has 2 heterocycles. The van der Waals surface area contributed by atoms with Crippen LogP contribution < -0.4 is 10.9 Å². The molecule has 0 fully saturated rings. The lowest BCUT2D eigenvalue weighted by atomic mass is 10.1. The number of nitrogens with one attached hydrogen (secondary N) is 1. The number of amides is 1. The van der Waals surface area contributed by atoms with E-state index in [-0.39, 0.29) is 18.1 Å². The molecule has 7 nitrogen and oxygen atoms in total. The van der Waals surface area contributed by atoms with Crippen molar-refractivity contribution in [1.29, 1.82) is 0 Å². The molecule has 33 heavy (non-hydrogen) atoms. The Labute approximate surface area is 198 Å². The summed E-state index contributed by atoms with van der Waals surface area (Å²) in [4.78, 5) is 42.9. The zero-order chi connectivity index (χ0) is 23.5. The monoisotopic (exact) mass is 481 g/mol. The largest absolute Gasteiger partial charge is 0.462 e. The second-order valence-corrected chi connectivity index (χ2v) is 8.55. The van der Waals surface area contributed by atoms with Gasteiger partial charge in [0, 0.05) is 21.7 Å². The van der Waals surface area contributed by atoms with E-state index >= 15 is 0 Å². The fraction of sp³-hybridized carbons (Fsp3) is 0.167. The number of carbonyl (C=O) groups is 2. The number of nitrogens with zero attached hydrogens (tertiary/aromatic N) is 2. The summed E-state index contributed by atoms with van der Waals surface area (Å²) in [6.07, 6.45) is 1.39. The average Bonchev–Trinajstić information content (AvgIpc) is 3.25. The highest BCUT2D eigenvalue weighted by Crippen LogP contribution is 2.31. The Hall–Kier alpha value is -3.49. The first-order valence-electron chi connectivity index (χ1n) is 10.2. The minimum Gasteiger partial charge on any atom is -0.462 e. The van der Waals surface area contributed by atoms with Crippen molar-refractivity contribution in [1.82, 2.24) is 9.55 Å². The van der Waals surface area contributed by atoms with Crippen molar-refractivity contribution in [3.05, 3.63) is 81.2 Å². The lowest BCUT2D eigenvalue weighted by Gasteiger charge is -2.15. The zero-order valence-electron chi connectivity index (χ0n) is 17.9. The van der Waals surface area contributed by atoms with Crippen LogP contribution in [0.1, 0.15) is 30.2 Å². The van der Waals surface area contributed by atoms with Crippen LogP contribution in [0.25, 0.3) is 21.3 Å². The van der Waals surface area contributed by atoms with E-state index in [9.17, 15) is 14.4 Å². The van der Waals surface area contributed by atoms with Crippen LogP contribution in [0, 0.1) is 0 Å². The lowest BCUT2D eigenvalue weighted by molar-refractivity contribution is -0.118. The van der Waals surface area contributed by atoms with Gasteiger partial charge in [-0.3, -0.25) is 14.2 Å². The predicted molar refractivity (Wildman–Crippen MR) is 130 cm³/mol. The zero-order valence-corrected chi connectivity index (χ0v) is 19.4. The maximum atomic E-state index is 13.3. The first kappa shape index (κ1) is 22.7. The van der Waals surface area contributed by atoms with Crippen molar-refractivity contribution in [2.75, 3.05) is 11.9 Å². The molecule has 0 unspecified atom stereocenters. The van der Waals surface area contributed by atoms with Gasteiger partial charge in [0.05, 0.1) is 23.9 Å². The minimum atomic E-state index is -0.808. The second kappa shape index (κ2) is 9.56. The van der Waals surface area contributed by atoms with Gasteiger partial charge in [-0.05, 0) is 55.8 Å². The van der Waals surface area contributed by atoms with E-state index in [2.05, 4.69) is 10.3 Å². The van der Waals surface area contributed by atoms with Crippen LogP contribution in [0.15, 0.2) is 65.0 Å². The van der Waals surface area contributed by atoms with Gasteiger partial charge in [-0.2, -0.15) is 0 Å². The number of thiophene rings is 1. The van der Waals surface area contributed by atoms with Gasteiger partial charge in [-0.15, -0.1) is 11.3 Å². The van der Waals surface area contributed by atoms with E-state index in [0.717, 1.165) is 11.1 Å². The summed E-state index contributed by atoms with van der Waals surface area (Å²) in [5.74, 6) is -0.813. The Morgan fingerprint density at radius 3 is 2.52 bits per heavy atom. The van der Waals surface area contributed by atoms with Crippen molar-refractivity contribution in [2.24, 2.45) is 0 Å². The van der Waals surface area contributed by atoms with Crippen LogP contribution in [0.4, 0.5) is 5.69 Å². The normalized spacial score (nSPS) is 11.8. The molecule has 4 rings (SSSR count). The summed E-state index contributed by atoms with van der Waals surface area (Å²) in [6.45, 7) is 3.65. The number of rotatable bonds is 6. The Kier molecular flexibility index (Phi) is 6.57. The Bertz CT molecular complexity index is 1380. The first-order chi connectivity index (χ1) is 15.9. The number of hydrogen-bond donors (Lipinski definition) is 1. The molecular formula is C24H20ClN3O4S. The Morgan fingerprint density at radius 1 is 1.15 bits per heavy atom. The Balaban J connectivity index is 1.59. The highest BCUT2D eigenvalue weighted by atomic mass is 35.5. The van der Waals surface area contributed by atoms with Gasteiger partial charge in [0.1, 0.15) is 10.9 Å². The topological polar surface area (TPSA) is 90.3 Å². The predicted octanol–water partition coefficient (Wildman–Crippen LogP) is 5.15. The number of fused-ring (bicyclic) bond motifs is 1. The van der Waals surface area contributed by atoms with Crippen LogP contribution in [0.3, 0.4) is 0 Å². The molecule has 0 aliphatic carbocycles. The van der Waals surface area contributed by atoms with Crippen LogP contribution in [0.5, 0.6) is 0 Å². The molecule has 0 aliphatic heterocycles. The molecule has 0 radical (unpaired) electrons. The van der Waals surface area contributed by atoms with Gasteiger partial charge in [0.15, 0.2) is 0 Å². The molecule has 0 aliphatic rings. The molecule has 1 atom stereocenters. The molecule has 9 heteroatoms. The number of ether oxygens (including phenoxy) is 1. The average molecular weight is 482 g/mol. The summed E-state index contributed by atoms with van der Waals surface area (Å²) in [5, 5.41) is 5.71. The van der Waals surface area contributed by atoms with Crippen molar-refractivity contribution in [3.8, 4) is 11.1 Å². The number of aromatic nitrogens is 2. The first-order valence-corrected chi connectivity index (χ1v) is 11.5. The summed E-state index contributed by atoms with van der Waals surface area (Å²) in [6, 6.07) is 12.8. The number of hydrogen-bond acceptors (Lipinski definition) is 6.